The topological polar surface area (TPSA) is 64.9 Å². The highest BCUT2D eigenvalue weighted by Gasteiger charge is 2.19. The third kappa shape index (κ3) is 3.62. The van der Waals surface area contributed by atoms with Crippen molar-refractivity contribution in [3.05, 3.63) is 35.7 Å². The minimum absolute atomic E-state index is 0.474. The zero-order valence-corrected chi connectivity index (χ0v) is 13.0. The van der Waals surface area contributed by atoms with Crippen molar-refractivity contribution < 1.29 is 4.74 Å². The fourth-order valence-electron chi connectivity index (χ4n) is 3.00. The Balaban J connectivity index is 1.54. The van der Waals surface area contributed by atoms with Gasteiger partial charge in [0.1, 0.15) is 5.75 Å². The van der Waals surface area contributed by atoms with Crippen LogP contribution in [0.1, 0.15) is 49.5 Å². The van der Waals surface area contributed by atoms with Crippen molar-refractivity contribution in [1.29, 1.82) is 0 Å². The van der Waals surface area contributed by atoms with Gasteiger partial charge in [-0.05, 0) is 41.0 Å². The Labute approximate surface area is 130 Å². The number of hydrogen-bond donors (Lipinski definition) is 1. The summed E-state index contributed by atoms with van der Waals surface area (Å²) in [4.78, 5) is 0. The first-order valence-electron chi connectivity index (χ1n) is 7.97. The normalized spacial score (nSPS) is 15.9. The number of aromatic nitrogens is 4. The predicted molar refractivity (Wildman–Crippen MR) is 83.5 cm³/mol. The second kappa shape index (κ2) is 7.35. The van der Waals surface area contributed by atoms with Crippen LogP contribution < -0.4 is 10.1 Å². The molecule has 22 heavy (non-hydrogen) atoms. The number of nitrogens with one attached hydrogen (secondary N) is 1. The second-order valence-electron chi connectivity index (χ2n) is 5.78. The third-order valence-electron chi connectivity index (χ3n) is 4.25. The van der Waals surface area contributed by atoms with Crippen LogP contribution >= 0.6 is 0 Å². The van der Waals surface area contributed by atoms with E-state index in [4.69, 9.17) is 4.74 Å². The van der Waals surface area contributed by atoms with Crippen LogP contribution in [0.2, 0.25) is 0 Å². The summed E-state index contributed by atoms with van der Waals surface area (Å²) in [6, 6.07) is 8.56. The van der Waals surface area contributed by atoms with Crippen LogP contribution in [0.25, 0.3) is 0 Å². The van der Waals surface area contributed by atoms with Crippen molar-refractivity contribution in [2.24, 2.45) is 0 Å². The summed E-state index contributed by atoms with van der Waals surface area (Å²) < 4.78 is 7.18. The zero-order valence-electron chi connectivity index (χ0n) is 13.0. The summed E-state index contributed by atoms with van der Waals surface area (Å²) in [7, 11) is 1.68. The molecule has 1 saturated carbocycles. The van der Waals surface area contributed by atoms with Gasteiger partial charge < -0.3 is 10.1 Å². The van der Waals surface area contributed by atoms with E-state index in [0.717, 1.165) is 18.1 Å². The molecule has 1 N–H and O–H groups in total. The molecule has 3 rings (SSSR count). The molecule has 1 aromatic heterocycles. The number of benzene rings is 1. The first kappa shape index (κ1) is 15.0. The molecule has 0 aliphatic heterocycles. The average molecular weight is 301 g/mol. The Morgan fingerprint density at radius 3 is 2.64 bits per heavy atom. The number of rotatable bonds is 6. The lowest BCUT2D eigenvalue weighted by atomic mass is 9.95. The van der Waals surface area contributed by atoms with Gasteiger partial charge in [0.15, 0.2) is 5.82 Å². The van der Waals surface area contributed by atoms with Crippen LogP contribution in [0.4, 0.5) is 0 Å². The van der Waals surface area contributed by atoms with E-state index in [-0.39, 0.29) is 0 Å². The quantitative estimate of drug-likeness (QED) is 0.888. The zero-order chi connectivity index (χ0) is 15.2. The van der Waals surface area contributed by atoms with Gasteiger partial charge in [0, 0.05) is 6.54 Å². The maximum absolute atomic E-state index is 5.17. The molecular weight excluding hydrogens is 278 g/mol. The highest BCUT2D eigenvalue weighted by Crippen LogP contribution is 2.27. The van der Waals surface area contributed by atoms with Gasteiger partial charge in [-0.3, -0.25) is 0 Å². The molecule has 0 saturated heterocycles. The van der Waals surface area contributed by atoms with Crippen molar-refractivity contribution in [3.63, 3.8) is 0 Å². The molecule has 1 heterocycles. The maximum atomic E-state index is 5.17. The highest BCUT2D eigenvalue weighted by molar-refractivity contribution is 5.26. The molecule has 0 radical (unpaired) electrons. The Bertz CT molecular complexity index is 574. The van der Waals surface area contributed by atoms with E-state index in [1.807, 2.05) is 16.8 Å². The number of nitrogens with zero attached hydrogens (tertiary/aromatic N) is 4. The molecular formula is C16H23N5O. The van der Waals surface area contributed by atoms with Gasteiger partial charge in [0.05, 0.1) is 19.7 Å². The molecule has 0 spiro atoms. The van der Waals surface area contributed by atoms with Crippen LogP contribution in [-0.4, -0.2) is 27.3 Å². The third-order valence-corrected chi connectivity index (χ3v) is 4.25. The van der Waals surface area contributed by atoms with Crippen molar-refractivity contribution in [1.82, 2.24) is 25.5 Å². The molecule has 0 bridgehead atoms. The lowest BCUT2D eigenvalue weighted by Crippen LogP contribution is -2.21. The summed E-state index contributed by atoms with van der Waals surface area (Å²) in [5, 5.41) is 15.6. The van der Waals surface area contributed by atoms with E-state index in [9.17, 15) is 0 Å². The van der Waals surface area contributed by atoms with E-state index in [2.05, 4.69) is 33.0 Å². The Morgan fingerprint density at radius 1 is 1.14 bits per heavy atom. The SMILES string of the molecule is COc1ccc(CNCc2nnnn2C2CCCCC2)cc1. The van der Waals surface area contributed by atoms with Gasteiger partial charge >= 0.3 is 0 Å². The fourth-order valence-corrected chi connectivity index (χ4v) is 3.00. The second-order valence-corrected chi connectivity index (χ2v) is 5.78. The van der Waals surface area contributed by atoms with Gasteiger partial charge in [0.2, 0.25) is 0 Å². The minimum Gasteiger partial charge on any atom is -0.497 e. The molecule has 1 aromatic carbocycles. The van der Waals surface area contributed by atoms with Gasteiger partial charge in [-0.25, -0.2) is 4.68 Å². The number of methoxy groups -OCH3 is 1. The molecule has 118 valence electrons. The minimum atomic E-state index is 0.474. The number of ether oxygens (including phenoxy) is 1. The van der Waals surface area contributed by atoms with Gasteiger partial charge in [-0.15, -0.1) is 5.10 Å². The molecule has 6 nitrogen and oxygen atoms in total. The Hall–Kier alpha value is -1.95. The number of tetrazole rings is 1. The van der Waals surface area contributed by atoms with Crippen molar-refractivity contribution in [2.75, 3.05) is 7.11 Å². The standard InChI is InChI=1S/C16H23N5O/c1-22-15-9-7-13(8-10-15)11-17-12-16-18-19-20-21(16)14-5-3-2-4-6-14/h7-10,14,17H,2-6,11-12H2,1H3. The molecule has 0 amide bonds. The van der Waals surface area contributed by atoms with Crippen LogP contribution in [0.5, 0.6) is 5.75 Å². The molecule has 1 fully saturated rings. The molecule has 6 heteroatoms. The summed E-state index contributed by atoms with van der Waals surface area (Å²) in [5.41, 5.74) is 1.22. The molecule has 1 aliphatic rings. The van der Waals surface area contributed by atoms with Crippen molar-refractivity contribution in [3.8, 4) is 5.75 Å². The summed E-state index contributed by atoms with van der Waals surface area (Å²) in [6.07, 6.45) is 6.28. The molecule has 2 aromatic rings. The maximum Gasteiger partial charge on any atom is 0.165 e. The summed E-state index contributed by atoms with van der Waals surface area (Å²) in [6.45, 7) is 1.48. The monoisotopic (exact) mass is 301 g/mol. The van der Waals surface area contributed by atoms with Crippen molar-refractivity contribution >= 4 is 0 Å². The predicted octanol–water partition coefficient (Wildman–Crippen LogP) is 2.48. The van der Waals surface area contributed by atoms with E-state index in [0.29, 0.717) is 12.6 Å². The van der Waals surface area contributed by atoms with Gasteiger partial charge in [-0.1, -0.05) is 31.4 Å². The van der Waals surface area contributed by atoms with Gasteiger partial charge in [-0.2, -0.15) is 0 Å². The van der Waals surface area contributed by atoms with E-state index < -0.39 is 0 Å². The van der Waals surface area contributed by atoms with Crippen LogP contribution in [-0.2, 0) is 13.1 Å². The molecule has 0 unspecified atom stereocenters. The number of hydrogen-bond acceptors (Lipinski definition) is 5. The van der Waals surface area contributed by atoms with Crippen LogP contribution in [0.15, 0.2) is 24.3 Å². The Morgan fingerprint density at radius 2 is 1.91 bits per heavy atom. The smallest absolute Gasteiger partial charge is 0.165 e. The van der Waals surface area contributed by atoms with E-state index in [1.165, 1.54) is 37.7 Å². The first-order chi connectivity index (χ1) is 10.9. The van der Waals surface area contributed by atoms with Crippen molar-refractivity contribution in [2.45, 2.75) is 51.2 Å². The molecule has 1 aliphatic carbocycles. The highest BCUT2D eigenvalue weighted by atomic mass is 16.5. The van der Waals surface area contributed by atoms with Crippen LogP contribution in [0, 0.1) is 0 Å². The largest absolute Gasteiger partial charge is 0.497 e. The van der Waals surface area contributed by atoms with E-state index >= 15 is 0 Å². The lowest BCUT2D eigenvalue weighted by molar-refractivity contribution is 0.314. The summed E-state index contributed by atoms with van der Waals surface area (Å²) >= 11 is 0. The Kier molecular flexibility index (Phi) is 5.00. The lowest BCUT2D eigenvalue weighted by Gasteiger charge is -2.22. The first-order valence-corrected chi connectivity index (χ1v) is 7.97. The molecule has 0 atom stereocenters. The van der Waals surface area contributed by atoms with Crippen LogP contribution in [0.3, 0.4) is 0 Å². The van der Waals surface area contributed by atoms with Gasteiger partial charge in [0.25, 0.3) is 0 Å². The fraction of sp³-hybridized carbons (Fsp3) is 0.562. The average Bonchev–Trinajstić information content (AvgIpc) is 3.05. The summed E-state index contributed by atoms with van der Waals surface area (Å²) in [5.74, 6) is 1.81. The van der Waals surface area contributed by atoms with E-state index in [1.54, 1.807) is 7.11 Å².